The maximum atomic E-state index is 10.9. The van der Waals surface area contributed by atoms with Crippen LogP contribution in [0.5, 0.6) is 0 Å². The number of carbonyl (C=O) groups is 1. The Hall–Kier alpha value is -0.610. The van der Waals surface area contributed by atoms with Crippen molar-refractivity contribution in [2.75, 3.05) is 20.2 Å². The van der Waals surface area contributed by atoms with Crippen LogP contribution in [0, 0.1) is 0 Å². The molecule has 0 aromatic carbocycles. The second-order valence-electron chi connectivity index (χ2n) is 3.39. The molecule has 0 bridgehead atoms. The lowest BCUT2D eigenvalue weighted by Gasteiger charge is -2.19. The van der Waals surface area contributed by atoms with Gasteiger partial charge in [0.1, 0.15) is 0 Å². The Labute approximate surface area is 79.0 Å². The van der Waals surface area contributed by atoms with Gasteiger partial charge in [0.15, 0.2) is 0 Å². The summed E-state index contributed by atoms with van der Waals surface area (Å²) in [7, 11) is 1.64. The molecule has 1 fully saturated rings. The molecule has 0 aromatic heterocycles. The van der Waals surface area contributed by atoms with Gasteiger partial charge in [-0.25, -0.2) is 0 Å². The predicted octanol–water partition coefficient (Wildman–Crippen LogP) is -0.111. The van der Waals surface area contributed by atoms with Crippen LogP contribution in [0.15, 0.2) is 0 Å². The summed E-state index contributed by atoms with van der Waals surface area (Å²) in [6, 6.07) is 0.264. The number of amides is 1. The van der Waals surface area contributed by atoms with Crippen LogP contribution >= 0.6 is 0 Å². The van der Waals surface area contributed by atoms with Crippen LogP contribution in [-0.2, 0) is 9.53 Å². The Morgan fingerprint density at radius 1 is 1.69 bits per heavy atom. The molecule has 2 atom stereocenters. The zero-order valence-electron chi connectivity index (χ0n) is 8.30. The van der Waals surface area contributed by atoms with Crippen LogP contribution in [0.4, 0.5) is 0 Å². The molecular formula is C9H18N2O2. The van der Waals surface area contributed by atoms with Gasteiger partial charge in [0, 0.05) is 19.7 Å². The maximum absolute atomic E-state index is 10.9. The van der Waals surface area contributed by atoms with E-state index in [1.54, 1.807) is 7.05 Å². The molecule has 4 nitrogen and oxygen atoms in total. The first-order chi connectivity index (χ1) is 6.24. The summed E-state index contributed by atoms with van der Waals surface area (Å²) in [6.45, 7) is 3.28. The molecule has 0 saturated carbocycles. The summed E-state index contributed by atoms with van der Waals surface area (Å²) < 4.78 is 5.49. The highest BCUT2D eigenvalue weighted by Gasteiger charge is 2.21. The van der Waals surface area contributed by atoms with Crippen molar-refractivity contribution in [2.45, 2.75) is 31.9 Å². The standard InChI is InChI=1S/C9H18N2O2/c1-7(8-4-3-5-13-8)11-6-9(12)10-2/h7-8,11H,3-6H2,1-2H3,(H,10,12). The SMILES string of the molecule is CNC(=O)CNC(C)C1CCCO1. The molecule has 4 heteroatoms. The summed E-state index contributed by atoms with van der Waals surface area (Å²) in [6.07, 6.45) is 2.52. The number of ether oxygens (including phenoxy) is 1. The van der Waals surface area contributed by atoms with Crippen molar-refractivity contribution in [3.05, 3.63) is 0 Å². The molecule has 2 unspecified atom stereocenters. The van der Waals surface area contributed by atoms with Crippen molar-refractivity contribution in [3.8, 4) is 0 Å². The number of hydrogen-bond donors (Lipinski definition) is 2. The monoisotopic (exact) mass is 186 g/mol. The lowest BCUT2D eigenvalue weighted by Crippen LogP contribution is -2.42. The summed E-state index contributed by atoms with van der Waals surface area (Å²) >= 11 is 0. The van der Waals surface area contributed by atoms with Crippen LogP contribution < -0.4 is 10.6 Å². The third-order valence-electron chi connectivity index (χ3n) is 2.39. The topological polar surface area (TPSA) is 50.4 Å². The number of rotatable bonds is 4. The van der Waals surface area contributed by atoms with Gasteiger partial charge < -0.3 is 15.4 Å². The Morgan fingerprint density at radius 3 is 3.00 bits per heavy atom. The van der Waals surface area contributed by atoms with Crippen LogP contribution in [0.2, 0.25) is 0 Å². The molecule has 1 heterocycles. The molecule has 2 N–H and O–H groups in total. The second kappa shape index (κ2) is 5.19. The van der Waals surface area contributed by atoms with E-state index in [-0.39, 0.29) is 18.1 Å². The van der Waals surface area contributed by atoms with Gasteiger partial charge in [-0.3, -0.25) is 4.79 Å². The normalized spacial score (nSPS) is 24.3. The Morgan fingerprint density at radius 2 is 2.46 bits per heavy atom. The minimum absolute atomic E-state index is 0.0184. The molecule has 0 spiro atoms. The molecule has 76 valence electrons. The zero-order chi connectivity index (χ0) is 9.68. The summed E-state index contributed by atoms with van der Waals surface area (Å²) in [4.78, 5) is 10.9. The Balaban J connectivity index is 2.16. The fourth-order valence-electron chi connectivity index (χ4n) is 1.47. The van der Waals surface area contributed by atoms with Crippen molar-refractivity contribution < 1.29 is 9.53 Å². The maximum Gasteiger partial charge on any atom is 0.233 e. The molecule has 1 saturated heterocycles. The van der Waals surface area contributed by atoms with E-state index in [1.807, 2.05) is 0 Å². The van der Waals surface area contributed by atoms with E-state index in [1.165, 1.54) is 0 Å². The first-order valence-electron chi connectivity index (χ1n) is 4.79. The smallest absolute Gasteiger partial charge is 0.233 e. The Kier molecular flexibility index (Phi) is 4.18. The molecule has 13 heavy (non-hydrogen) atoms. The summed E-state index contributed by atoms with van der Waals surface area (Å²) in [5.74, 6) is 0.0184. The van der Waals surface area contributed by atoms with Crippen LogP contribution in [0.1, 0.15) is 19.8 Å². The highest BCUT2D eigenvalue weighted by atomic mass is 16.5. The quantitative estimate of drug-likeness (QED) is 0.644. The van der Waals surface area contributed by atoms with E-state index in [9.17, 15) is 4.79 Å². The van der Waals surface area contributed by atoms with Crippen LogP contribution in [-0.4, -0.2) is 38.3 Å². The van der Waals surface area contributed by atoms with Crippen molar-refractivity contribution in [1.29, 1.82) is 0 Å². The lowest BCUT2D eigenvalue weighted by atomic mass is 10.1. The first-order valence-corrected chi connectivity index (χ1v) is 4.79. The van der Waals surface area contributed by atoms with Crippen molar-refractivity contribution in [2.24, 2.45) is 0 Å². The highest BCUT2D eigenvalue weighted by molar-refractivity contribution is 5.77. The second-order valence-corrected chi connectivity index (χ2v) is 3.39. The third-order valence-corrected chi connectivity index (χ3v) is 2.39. The van der Waals surface area contributed by atoms with E-state index in [2.05, 4.69) is 17.6 Å². The van der Waals surface area contributed by atoms with Gasteiger partial charge in [-0.15, -0.1) is 0 Å². The van der Waals surface area contributed by atoms with Crippen molar-refractivity contribution in [3.63, 3.8) is 0 Å². The van der Waals surface area contributed by atoms with Gasteiger partial charge in [-0.2, -0.15) is 0 Å². The molecule has 1 rings (SSSR count). The molecule has 1 amide bonds. The molecule has 0 aliphatic carbocycles. The lowest BCUT2D eigenvalue weighted by molar-refractivity contribution is -0.120. The third kappa shape index (κ3) is 3.32. The van der Waals surface area contributed by atoms with Gasteiger partial charge >= 0.3 is 0 Å². The van der Waals surface area contributed by atoms with Gasteiger partial charge in [-0.1, -0.05) is 0 Å². The van der Waals surface area contributed by atoms with E-state index in [0.29, 0.717) is 6.54 Å². The average Bonchev–Trinajstić information content (AvgIpc) is 2.66. The minimum Gasteiger partial charge on any atom is -0.377 e. The number of nitrogens with one attached hydrogen (secondary N) is 2. The average molecular weight is 186 g/mol. The van der Waals surface area contributed by atoms with E-state index < -0.39 is 0 Å². The van der Waals surface area contributed by atoms with Crippen molar-refractivity contribution >= 4 is 5.91 Å². The molecular weight excluding hydrogens is 168 g/mol. The highest BCUT2D eigenvalue weighted by Crippen LogP contribution is 2.14. The van der Waals surface area contributed by atoms with Gasteiger partial charge in [0.2, 0.25) is 5.91 Å². The van der Waals surface area contributed by atoms with E-state index in [4.69, 9.17) is 4.74 Å². The van der Waals surface area contributed by atoms with Crippen molar-refractivity contribution in [1.82, 2.24) is 10.6 Å². The molecule has 1 aliphatic rings. The molecule has 0 radical (unpaired) electrons. The molecule has 0 aromatic rings. The van der Waals surface area contributed by atoms with Gasteiger partial charge in [0.25, 0.3) is 0 Å². The van der Waals surface area contributed by atoms with Crippen LogP contribution in [0.3, 0.4) is 0 Å². The van der Waals surface area contributed by atoms with E-state index >= 15 is 0 Å². The molecule has 1 aliphatic heterocycles. The zero-order valence-corrected chi connectivity index (χ0v) is 8.30. The van der Waals surface area contributed by atoms with Crippen LogP contribution in [0.25, 0.3) is 0 Å². The first kappa shape index (κ1) is 10.5. The largest absolute Gasteiger partial charge is 0.377 e. The van der Waals surface area contributed by atoms with E-state index in [0.717, 1.165) is 19.4 Å². The number of hydrogen-bond acceptors (Lipinski definition) is 3. The Bertz CT molecular complexity index is 167. The fraction of sp³-hybridized carbons (Fsp3) is 0.889. The number of likely N-dealkylation sites (N-methyl/N-ethyl adjacent to an activating group) is 1. The van der Waals surface area contributed by atoms with Gasteiger partial charge in [-0.05, 0) is 19.8 Å². The minimum atomic E-state index is 0.0184. The predicted molar refractivity (Wildman–Crippen MR) is 50.5 cm³/mol. The van der Waals surface area contributed by atoms with Gasteiger partial charge in [0.05, 0.1) is 12.6 Å². The fourth-order valence-corrected chi connectivity index (χ4v) is 1.47. The summed E-state index contributed by atoms with van der Waals surface area (Å²) in [5, 5.41) is 5.71. The number of carbonyl (C=O) groups excluding carboxylic acids is 1. The summed E-state index contributed by atoms with van der Waals surface area (Å²) in [5.41, 5.74) is 0.